The van der Waals surface area contributed by atoms with E-state index in [1.807, 2.05) is 0 Å². The van der Waals surface area contributed by atoms with Gasteiger partial charge in [0.25, 0.3) is 11.6 Å². The van der Waals surface area contributed by atoms with Gasteiger partial charge in [0.1, 0.15) is 0 Å². The summed E-state index contributed by atoms with van der Waals surface area (Å²) in [5.41, 5.74) is 1.17. The molecular formula is C19H20N4O6. The van der Waals surface area contributed by atoms with Crippen LogP contribution < -0.4 is 15.5 Å². The summed E-state index contributed by atoms with van der Waals surface area (Å²) in [6.07, 6.45) is 0. The minimum atomic E-state index is -0.853. The SMILES string of the molecule is CC(=O)Nc1ccc(NC(=O)COC(=O)c2cc([N+](=O)[O-])ccc2N(C)C)cc1. The Bertz CT molecular complexity index is 940. The second-order valence-electron chi connectivity index (χ2n) is 6.24. The van der Waals surface area contributed by atoms with E-state index in [4.69, 9.17) is 4.74 Å². The lowest BCUT2D eigenvalue weighted by Gasteiger charge is -2.16. The molecule has 0 aromatic heterocycles. The van der Waals surface area contributed by atoms with Crippen molar-refractivity contribution in [3.8, 4) is 0 Å². The van der Waals surface area contributed by atoms with Gasteiger partial charge in [0.05, 0.1) is 16.2 Å². The summed E-state index contributed by atoms with van der Waals surface area (Å²) in [6, 6.07) is 10.2. The maximum atomic E-state index is 12.4. The van der Waals surface area contributed by atoms with Gasteiger partial charge in [0.15, 0.2) is 6.61 Å². The van der Waals surface area contributed by atoms with E-state index in [0.717, 1.165) is 6.07 Å². The molecule has 0 heterocycles. The first-order valence-corrected chi connectivity index (χ1v) is 8.47. The van der Waals surface area contributed by atoms with Crippen molar-refractivity contribution in [3.05, 3.63) is 58.1 Å². The molecule has 0 fully saturated rings. The lowest BCUT2D eigenvalue weighted by Crippen LogP contribution is -2.22. The molecule has 0 saturated heterocycles. The van der Waals surface area contributed by atoms with Gasteiger partial charge < -0.3 is 20.3 Å². The molecule has 0 aliphatic carbocycles. The molecule has 2 rings (SSSR count). The molecule has 0 saturated carbocycles. The number of nitro groups is 1. The Labute approximate surface area is 166 Å². The maximum Gasteiger partial charge on any atom is 0.341 e. The van der Waals surface area contributed by atoms with Crippen LogP contribution in [0.1, 0.15) is 17.3 Å². The molecule has 2 aromatic rings. The maximum absolute atomic E-state index is 12.4. The monoisotopic (exact) mass is 400 g/mol. The molecule has 10 heteroatoms. The van der Waals surface area contributed by atoms with Crippen LogP contribution in [-0.4, -0.2) is 43.4 Å². The minimum Gasteiger partial charge on any atom is -0.452 e. The average molecular weight is 400 g/mol. The Morgan fingerprint density at radius 2 is 1.62 bits per heavy atom. The number of esters is 1. The number of ether oxygens (including phenoxy) is 1. The van der Waals surface area contributed by atoms with Crippen LogP contribution in [0, 0.1) is 10.1 Å². The van der Waals surface area contributed by atoms with Crippen molar-refractivity contribution in [2.75, 3.05) is 36.2 Å². The molecule has 2 aromatic carbocycles. The Morgan fingerprint density at radius 3 is 2.14 bits per heavy atom. The smallest absolute Gasteiger partial charge is 0.341 e. The highest BCUT2D eigenvalue weighted by atomic mass is 16.6. The van der Waals surface area contributed by atoms with Crippen LogP contribution in [0.15, 0.2) is 42.5 Å². The number of hydrogen-bond donors (Lipinski definition) is 2. The van der Waals surface area contributed by atoms with Gasteiger partial charge in [-0.3, -0.25) is 19.7 Å². The van der Waals surface area contributed by atoms with Crippen LogP contribution in [0.2, 0.25) is 0 Å². The van der Waals surface area contributed by atoms with Crippen LogP contribution in [0.3, 0.4) is 0 Å². The van der Waals surface area contributed by atoms with Crippen molar-refractivity contribution >= 4 is 40.5 Å². The minimum absolute atomic E-state index is 0.0170. The van der Waals surface area contributed by atoms with Crippen LogP contribution >= 0.6 is 0 Å². The first kappa shape index (κ1) is 21.4. The van der Waals surface area contributed by atoms with Crippen LogP contribution in [0.4, 0.5) is 22.7 Å². The number of benzene rings is 2. The van der Waals surface area contributed by atoms with Gasteiger partial charge >= 0.3 is 5.97 Å². The predicted octanol–water partition coefficient (Wildman–Crippen LogP) is 2.41. The highest BCUT2D eigenvalue weighted by molar-refractivity contribution is 5.99. The van der Waals surface area contributed by atoms with E-state index >= 15 is 0 Å². The van der Waals surface area contributed by atoms with Crippen LogP contribution in [-0.2, 0) is 14.3 Å². The van der Waals surface area contributed by atoms with E-state index in [1.165, 1.54) is 19.1 Å². The zero-order valence-electron chi connectivity index (χ0n) is 16.1. The number of hydrogen-bond acceptors (Lipinski definition) is 7. The largest absolute Gasteiger partial charge is 0.452 e. The Kier molecular flexibility index (Phi) is 6.85. The molecule has 10 nitrogen and oxygen atoms in total. The van der Waals surface area contributed by atoms with E-state index < -0.39 is 23.4 Å². The first-order valence-electron chi connectivity index (χ1n) is 8.47. The van der Waals surface area contributed by atoms with Crippen molar-refractivity contribution in [2.24, 2.45) is 0 Å². The molecule has 0 radical (unpaired) electrons. The second-order valence-corrected chi connectivity index (χ2v) is 6.24. The van der Waals surface area contributed by atoms with E-state index in [9.17, 15) is 24.5 Å². The number of rotatable bonds is 7. The summed E-state index contributed by atoms with van der Waals surface area (Å²) in [6.45, 7) is 0.814. The van der Waals surface area contributed by atoms with Gasteiger partial charge in [-0.05, 0) is 30.3 Å². The Morgan fingerprint density at radius 1 is 1.03 bits per heavy atom. The number of carbonyl (C=O) groups is 3. The summed E-state index contributed by atoms with van der Waals surface area (Å²) in [5.74, 6) is -1.65. The van der Waals surface area contributed by atoms with Gasteiger partial charge in [-0.25, -0.2) is 4.79 Å². The lowest BCUT2D eigenvalue weighted by atomic mass is 10.1. The predicted molar refractivity (Wildman–Crippen MR) is 107 cm³/mol. The fraction of sp³-hybridized carbons (Fsp3) is 0.211. The van der Waals surface area contributed by atoms with E-state index in [2.05, 4.69) is 10.6 Å². The average Bonchev–Trinajstić information content (AvgIpc) is 2.66. The zero-order valence-corrected chi connectivity index (χ0v) is 16.1. The highest BCUT2D eigenvalue weighted by Crippen LogP contribution is 2.25. The third kappa shape index (κ3) is 6.03. The van der Waals surface area contributed by atoms with Crippen molar-refractivity contribution in [1.82, 2.24) is 0 Å². The zero-order chi connectivity index (χ0) is 21.6. The molecule has 0 spiro atoms. The number of nitrogens with zero attached hydrogens (tertiary/aromatic N) is 2. The molecule has 29 heavy (non-hydrogen) atoms. The van der Waals surface area contributed by atoms with Crippen molar-refractivity contribution < 1.29 is 24.0 Å². The number of non-ortho nitro benzene ring substituents is 1. The third-order valence-corrected chi connectivity index (χ3v) is 3.72. The lowest BCUT2D eigenvalue weighted by molar-refractivity contribution is -0.384. The van der Waals surface area contributed by atoms with E-state index in [0.29, 0.717) is 17.1 Å². The van der Waals surface area contributed by atoms with Gasteiger partial charge in [-0.1, -0.05) is 0 Å². The number of nitrogens with one attached hydrogen (secondary N) is 2. The number of carbonyl (C=O) groups excluding carboxylic acids is 3. The summed E-state index contributed by atoms with van der Waals surface area (Å²) in [5, 5.41) is 16.1. The number of anilines is 3. The van der Waals surface area contributed by atoms with Crippen molar-refractivity contribution in [3.63, 3.8) is 0 Å². The summed E-state index contributed by atoms with van der Waals surface area (Å²) >= 11 is 0. The molecule has 0 aliphatic rings. The number of amides is 2. The van der Waals surface area contributed by atoms with Crippen molar-refractivity contribution in [2.45, 2.75) is 6.92 Å². The molecule has 2 amide bonds. The Hall–Kier alpha value is -3.95. The Balaban J connectivity index is 2.01. The summed E-state index contributed by atoms with van der Waals surface area (Å²) in [7, 11) is 3.35. The van der Waals surface area contributed by atoms with E-state index in [1.54, 1.807) is 43.3 Å². The standard InChI is InChI=1S/C19H20N4O6/c1-12(24)20-13-4-6-14(7-5-13)21-18(25)11-29-19(26)16-10-15(23(27)28)8-9-17(16)22(2)3/h4-10H,11H2,1-3H3,(H,20,24)(H,21,25). The normalized spacial score (nSPS) is 10.0. The summed E-state index contributed by atoms with van der Waals surface area (Å²) in [4.78, 5) is 47.3. The third-order valence-electron chi connectivity index (χ3n) is 3.72. The molecule has 0 unspecified atom stereocenters. The fourth-order valence-electron chi connectivity index (χ4n) is 2.44. The number of nitro benzene ring substituents is 1. The molecule has 0 atom stereocenters. The molecule has 2 N–H and O–H groups in total. The highest BCUT2D eigenvalue weighted by Gasteiger charge is 2.20. The molecule has 0 bridgehead atoms. The second kappa shape index (κ2) is 9.31. The molecular weight excluding hydrogens is 380 g/mol. The van der Waals surface area contributed by atoms with Gasteiger partial charge in [-0.2, -0.15) is 0 Å². The van der Waals surface area contributed by atoms with E-state index in [-0.39, 0.29) is 17.2 Å². The fourth-order valence-corrected chi connectivity index (χ4v) is 2.44. The van der Waals surface area contributed by atoms with Gasteiger partial charge in [-0.15, -0.1) is 0 Å². The van der Waals surface area contributed by atoms with Gasteiger partial charge in [0.2, 0.25) is 5.91 Å². The first-order chi connectivity index (χ1) is 13.7. The van der Waals surface area contributed by atoms with Crippen molar-refractivity contribution in [1.29, 1.82) is 0 Å². The van der Waals surface area contributed by atoms with Gasteiger partial charge in [0, 0.05) is 44.5 Å². The van der Waals surface area contributed by atoms with Crippen LogP contribution in [0.25, 0.3) is 0 Å². The topological polar surface area (TPSA) is 131 Å². The summed E-state index contributed by atoms with van der Waals surface area (Å²) < 4.78 is 5.01. The molecule has 152 valence electrons. The van der Waals surface area contributed by atoms with Crippen LogP contribution in [0.5, 0.6) is 0 Å². The quantitative estimate of drug-likeness (QED) is 0.414. The molecule has 0 aliphatic heterocycles.